The summed E-state index contributed by atoms with van der Waals surface area (Å²) < 4.78 is 0. The second kappa shape index (κ2) is 7.21. The van der Waals surface area contributed by atoms with Crippen molar-refractivity contribution in [2.24, 2.45) is 11.7 Å². The standard InChI is InChI=1S/C14H23N3O2/c1-11(2)13(15)8-9-16(3)10-12-6-4-5-7-14(12)17(18)19/h4-7,11,13H,8-10,15H2,1-3H3. The summed E-state index contributed by atoms with van der Waals surface area (Å²) >= 11 is 0. The first-order valence-corrected chi connectivity index (χ1v) is 6.58. The molecule has 0 heterocycles. The van der Waals surface area contributed by atoms with Gasteiger partial charge < -0.3 is 10.6 Å². The normalized spacial score (nSPS) is 12.9. The summed E-state index contributed by atoms with van der Waals surface area (Å²) in [6.45, 7) is 5.62. The van der Waals surface area contributed by atoms with Gasteiger partial charge in [0.15, 0.2) is 0 Å². The number of benzene rings is 1. The van der Waals surface area contributed by atoms with Gasteiger partial charge in [0, 0.05) is 24.2 Å². The van der Waals surface area contributed by atoms with Crippen molar-refractivity contribution < 1.29 is 4.92 Å². The highest BCUT2D eigenvalue weighted by Crippen LogP contribution is 2.19. The minimum atomic E-state index is -0.330. The summed E-state index contributed by atoms with van der Waals surface area (Å²) in [4.78, 5) is 12.7. The van der Waals surface area contributed by atoms with Crippen LogP contribution in [0.25, 0.3) is 0 Å². The van der Waals surface area contributed by atoms with E-state index < -0.39 is 0 Å². The molecule has 1 atom stereocenters. The highest BCUT2D eigenvalue weighted by atomic mass is 16.6. The van der Waals surface area contributed by atoms with Crippen LogP contribution in [0.1, 0.15) is 25.8 Å². The Bertz CT molecular complexity index is 421. The van der Waals surface area contributed by atoms with Crippen LogP contribution in [-0.4, -0.2) is 29.5 Å². The van der Waals surface area contributed by atoms with Gasteiger partial charge in [-0.05, 0) is 25.9 Å². The fourth-order valence-electron chi connectivity index (χ4n) is 1.90. The van der Waals surface area contributed by atoms with Crippen molar-refractivity contribution in [3.8, 4) is 0 Å². The van der Waals surface area contributed by atoms with E-state index in [1.165, 1.54) is 0 Å². The molecule has 0 aromatic heterocycles. The van der Waals surface area contributed by atoms with Gasteiger partial charge in [-0.2, -0.15) is 0 Å². The van der Waals surface area contributed by atoms with Crippen LogP contribution < -0.4 is 5.73 Å². The topological polar surface area (TPSA) is 72.4 Å². The molecule has 0 saturated heterocycles. The second-order valence-corrected chi connectivity index (χ2v) is 5.32. The largest absolute Gasteiger partial charge is 0.327 e. The molecule has 0 spiro atoms. The maximum Gasteiger partial charge on any atom is 0.273 e. The average Bonchev–Trinajstić information content (AvgIpc) is 2.36. The number of para-hydroxylation sites is 1. The van der Waals surface area contributed by atoms with E-state index >= 15 is 0 Å². The first-order chi connectivity index (χ1) is 8.91. The molecule has 0 fully saturated rings. The first kappa shape index (κ1) is 15.6. The molecule has 106 valence electrons. The Kier molecular flexibility index (Phi) is 5.92. The smallest absolute Gasteiger partial charge is 0.273 e. The minimum absolute atomic E-state index is 0.174. The molecule has 19 heavy (non-hydrogen) atoms. The second-order valence-electron chi connectivity index (χ2n) is 5.32. The summed E-state index contributed by atoms with van der Waals surface area (Å²) in [6.07, 6.45) is 0.898. The molecule has 5 nitrogen and oxygen atoms in total. The molecule has 0 aliphatic heterocycles. The third kappa shape index (κ3) is 4.96. The van der Waals surface area contributed by atoms with E-state index in [1.807, 2.05) is 13.1 Å². The molecule has 1 rings (SSSR count). The molecule has 0 amide bonds. The van der Waals surface area contributed by atoms with E-state index in [0.29, 0.717) is 12.5 Å². The average molecular weight is 265 g/mol. The number of rotatable bonds is 7. The third-order valence-corrected chi connectivity index (χ3v) is 3.33. The van der Waals surface area contributed by atoms with Gasteiger partial charge in [-0.1, -0.05) is 32.0 Å². The van der Waals surface area contributed by atoms with Crippen LogP contribution in [-0.2, 0) is 6.54 Å². The van der Waals surface area contributed by atoms with Gasteiger partial charge >= 0.3 is 0 Å². The minimum Gasteiger partial charge on any atom is -0.327 e. The van der Waals surface area contributed by atoms with Crippen molar-refractivity contribution in [3.05, 3.63) is 39.9 Å². The molecule has 0 aliphatic rings. The lowest BCUT2D eigenvalue weighted by molar-refractivity contribution is -0.385. The molecule has 1 aromatic carbocycles. The lowest BCUT2D eigenvalue weighted by Crippen LogP contribution is -2.31. The Morgan fingerprint density at radius 2 is 2.00 bits per heavy atom. The van der Waals surface area contributed by atoms with Crippen molar-refractivity contribution in [2.75, 3.05) is 13.6 Å². The lowest BCUT2D eigenvalue weighted by Gasteiger charge is -2.21. The Morgan fingerprint density at radius 1 is 1.37 bits per heavy atom. The van der Waals surface area contributed by atoms with Gasteiger partial charge in [0.2, 0.25) is 0 Å². The molecule has 0 bridgehead atoms. The Balaban J connectivity index is 2.57. The van der Waals surface area contributed by atoms with E-state index in [2.05, 4.69) is 18.7 Å². The van der Waals surface area contributed by atoms with E-state index in [-0.39, 0.29) is 16.7 Å². The van der Waals surface area contributed by atoms with Crippen molar-refractivity contribution in [1.29, 1.82) is 0 Å². The Labute approximate surface area is 114 Å². The number of nitro groups is 1. The summed E-state index contributed by atoms with van der Waals surface area (Å²) in [5.74, 6) is 0.458. The van der Waals surface area contributed by atoms with Crippen molar-refractivity contribution in [2.45, 2.75) is 32.9 Å². The van der Waals surface area contributed by atoms with Crippen LogP contribution in [0.2, 0.25) is 0 Å². The monoisotopic (exact) mass is 265 g/mol. The van der Waals surface area contributed by atoms with Crippen LogP contribution in [0.4, 0.5) is 5.69 Å². The van der Waals surface area contributed by atoms with Gasteiger partial charge in [0.05, 0.1) is 4.92 Å². The van der Waals surface area contributed by atoms with E-state index in [4.69, 9.17) is 5.73 Å². The van der Waals surface area contributed by atoms with Gasteiger partial charge in [-0.15, -0.1) is 0 Å². The molecule has 2 N–H and O–H groups in total. The molecule has 0 aliphatic carbocycles. The molecule has 5 heteroatoms. The number of nitro benzene ring substituents is 1. The van der Waals surface area contributed by atoms with Crippen LogP contribution >= 0.6 is 0 Å². The van der Waals surface area contributed by atoms with Gasteiger partial charge in [0.1, 0.15) is 0 Å². The summed E-state index contributed by atoms with van der Waals surface area (Å²) in [7, 11) is 1.96. The molecule has 0 saturated carbocycles. The molecule has 0 radical (unpaired) electrons. The number of hydrogen-bond donors (Lipinski definition) is 1. The fourth-order valence-corrected chi connectivity index (χ4v) is 1.90. The molecule has 1 unspecified atom stereocenters. The summed E-state index contributed by atoms with van der Waals surface area (Å²) in [6, 6.07) is 7.04. The number of hydrogen-bond acceptors (Lipinski definition) is 4. The first-order valence-electron chi connectivity index (χ1n) is 6.58. The number of nitrogens with zero attached hydrogens (tertiary/aromatic N) is 2. The SMILES string of the molecule is CC(C)C(N)CCN(C)Cc1ccccc1[N+](=O)[O-]. The van der Waals surface area contributed by atoms with E-state index in [1.54, 1.807) is 18.2 Å². The summed E-state index contributed by atoms with van der Waals surface area (Å²) in [5.41, 5.74) is 6.93. The quantitative estimate of drug-likeness (QED) is 0.607. The number of nitrogens with two attached hydrogens (primary N) is 1. The maximum atomic E-state index is 10.9. The molecule has 1 aromatic rings. The predicted molar refractivity (Wildman–Crippen MR) is 76.9 cm³/mol. The zero-order valence-corrected chi connectivity index (χ0v) is 11.9. The Morgan fingerprint density at radius 3 is 2.58 bits per heavy atom. The Hall–Kier alpha value is -1.46. The highest BCUT2D eigenvalue weighted by Gasteiger charge is 2.15. The van der Waals surface area contributed by atoms with Gasteiger partial charge in [-0.25, -0.2) is 0 Å². The van der Waals surface area contributed by atoms with Crippen LogP contribution in [0.5, 0.6) is 0 Å². The predicted octanol–water partition coefficient (Wildman–Crippen LogP) is 2.40. The lowest BCUT2D eigenvalue weighted by atomic mass is 10.0. The maximum absolute atomic E-state index is 10.9. The van der Waals surface area contributed by atoms with Crippen molar-refractivity contribution in [1.82, 2.24) is 4.90 Å². The van der Waals surface area contributed by atoms with Crippen molar-refractivity contribution >= 4 is 5.69 Å². The van der Waals surface area contributed by atoms with Crippen molar-refractivity contribution in [3.63, 3.8) is 0 Å². The van der Waals surface area contributed by atoms with E-state index in [0.717, 1.165) is 18.5 Å². The van der Waals surface area contributed by atoms with Crippen LogP contribution in [0.3, 0.4) is 0 Å². The van der Waals surface area contributed by atoms with Gasteiger partial charge in [0.25, 0.3) is 5.69 Å². The molecular formula is C14H23N3O2. The third-order valence-electron chi connectivity index (χ3n) is 3.33. The zero-order chi connectivity index (χ0) is 14.4. The van der Waals surface area contributed by atoms with E-state index in [9.17, 15) is 10.1 Å². The highest BCUT2D eigenvalue weighted by molar-refractivity contribution is 5.39. The van der Waals surface area contributed by atoms with Gasteiger partial charge in [-0.3, -0.25) is 10.1 Å². The fraction of sp³-hybridized carbons (Fsp3) is 0.571. The zero-order valence-electron chi connectivity index (χ0n) is 11.9. The van der Waals surface area contributed by atoms with Crippen LogP contribution in [0.15, 0.2) is 24.3 Å². The van der Waals surface area contributed by atoms with Crippen LogP contribution in [0, 0.1) is 16.0 Å². The molecular weight excluding hydrogens is 242 g/mol. The summed E-state index contributed by atoms with van der Waals surface area (Å²) in [5, 5.41) is 10.9.